The van der Waals surface area contributed by atoms with E-state index in [1.165, 1.54) is 0 Å². The first-order chi connectivity index (χ1) is 8.22. The summed E-state index contributed by atoms with van der Waals surface area (Å²) in [6.07, 6.45) is 0.473. The van der Waals surface area contributed by atoms with Crippen molar-refractivity contribution in [1.82, 2.24) is 4.98 Å². The molecule has 1 aromatic carbocycles. The van der Waals surface area contributed by atoms with Gasteiger partial charge in [-0.1, -0.05) is 34.1 Å². The van der Waals surface area contributed by atoms with Gasteiger partial charge in [-0.25, -0.2) is 0 Å². The van der Waals surface area contributed by atoms with Gasteiger partial charge in [0, 0.05) is 22.5 Å². The molecule has 0 spiro atoms. The van der Waals surface area contributed by atoms with Crippen molar-refractivity contribution in [3.8, 4) is 0 Å². The van der Waals surface area contributed by atoms with Gasteiger partial charge in [0.2, 0.25) is 0 Å². The first-order valence-corrected chi connectivity index (χ1v) is 6.61. The minimum Gasteiger partial charge on any atom is -0.390 e. The second-order valence-electron chi connectivity index (χ2n) is 3.95. The molecule has 0 aliphatic rings. The van der Waals surface area contributed by atoms with E-state index in [0.717, 1.165) is 10.9 Å². The van der Waals surface area contributed by atoms with Gasteiger partial charge in [-0.15, -0.1) is 0 Å². The minimum absolute atomic E-state index is 0.508. The van der Waals surface area contributed by atoms with Crippen molar-refractivity contribution in [2.45, 2.75) is 18.6 Å². The molecule has 2 rings (SSSR count). The Hall–Kier alpha value is -0.970. The van der Waals surface area contributed by atoms with Crippen molar-refractivity contribution in [3.05, 3.63) is 42.1 Å². The first-order valence-electron chi connectivity index (χ1n) is 5.49. The van der Waals surface area contributed by atoms with Crippen molar-refractivity contribution in [1.29, 1.82) is 0 Å². The molecular weight excluding hydrogens is 282 g/mol. The van der Waals surface area contributed by atoms with Gasteiger partial charge >= 0.3 is 0 Å². The van der Waals surface area contributed by atoms with Gasteiger partial charge in [-0.05, 0) is 18.6 Å². The third kappa shape index (κ3) is 2.83. The molecule has 2 aromatic rings. The van der Waals surface area contributed by atoms with Crippen LogP contribution >= 0.6 is 15.9 Å². The largest absolute Gasteiger partial charge is 0.390 e. The van der Waals surface area contributed by atoms with Crippen LogP contribution in [0.2, 0.25) is 0 Å². The summed E-state index contributed by atoms with van der Waals surface area (Å²) in [5.41, 5.74) is 1.54. The molecule has 2 atom stereocenters. The molecular formula is C13H14BrNO2. The average Bonchev–Trinajstić information content (AvgIpc) is 2.37. The third-order valence-corrected chi connectivity index (χ3v) is 3.18. The van der Waals surface area contributed by atoms with E-state index in [1.807, 2.05) is 30.3 Å². The summed E-state index contributed by atoms with van der Waals surface area (Å²) in [5.74, 6) is 0. The Labute approximate surface area is 108 Å². The Morgan fingerprint density at radius 2 is 2.00 bits per heavy atom. The Morgan fingerprint density at radius 1 is 1.24 bits per heavy atom. The number of alkyl halides is 1. The van der Waals surface area contributed by atoms with Crippen LogP contribution in [0.3, 0.4) is 0 Å². The van der Waals surface area contributed by atoms with Gasteiger partial charge in [0.1, 0.15) is 6.10 Å². The summed E-state index contributed by atoms with van der Waals surface area (Å²) in [4.78, 5) is 4.26. The van der Waals surface area contributed by atoms with Crippen molar-refractivity contribution >= 4 is 26.8 Å². The van der Waals surface area contributed by atoms with Gasteiger partial charge < -0.3 is 10.2 Å². The molecule has 2 N–H and O–H groups in total. The lowest BCUT2D eigenvalue weighted by Crippen LogP contribution is -2.18. The Morgan fingerprint density at radius 3 is 2.76 bits per heavy atom. The smallest absolute Gasteiger partial charge is 0.106 e. The molecule has 0 saturated heterocycles. The van der Waals surface area contributed by atoms with Crippen LogP contribution in [0.15, 0.2) is 36.5 Å². The number of halogens is 1. The molecule has 4 heteroatoms. The van der Waals surface area contributed by atoms with E-state index in [9.17, 15) is 10.2 Å². The summed E-state index contributed by atoms with van der Waals surface area (Å²) >= 11 is 3.24. The van der Waals surface area contributed by atoms with Crippen molar-refractivity contribution in [3.63, 3.8) is 0 Å². The van der Waals surface area contributed by atoms with E-state index in [4.69, 9.17) is 0 Å². The number of aromatic nitrogens is 1. The van der Waals surface area contributed by atoms with Crippen LogP contribution in [0.1, 0.15) is 18.1 Å². The maximum Gasteiger partial charge on any atom is 0.106 e. The predicted molar refractivity (Wildman–Crippen MR) is 71.1 cm³/mol. The minimum atomic E-state index is -0.885. The molecule has 17 heavy (non-hydrogen) atoms. The van der Waals surface area contributed by atoms with E-state index in [0.29, 0.717) is 17.3 Å². The van der Waals surface area contributed by atoms with E-state index in [1.54, 1.807) is 6.20 Å². The number of benzene rings is 1. The molecule has 0 amide bonds. The molecule has 3 nitrogen and oxygen atoms in total. The van der Waals surface area contributed by atoms with Gasteiger partial charge in [-0.3, -0.25) is 4.98 Å². The Kier molecular flexibility index (Phi) is 4.10. The van der Waals surface area contributed by atoms with Crippen LogP contribution in [-0.2, 0) is 0 Å². The number of aliphatic hydroxyl groups excluding tert-OH is 2. The van der Waals surface area contributed by atoms with Crippen LogP contribution in [0.5, 0.6) is 0 Å². The van der Waals surface area contributed by atoms with Crippen LogP contribution < -0.4 is 0 Å². The van der Waals surface area contributed by atoms with Crippen molar-refractivity contribution in [2.75, 3.05) is 5.33 Å². The summed E-state index contributed by atoms with van der Waals surface area (Å²) < 4.78 is 0. The number of rotatable bonds is 4. The highest BCUT2D eigenvalue weighted by Gasteiger charge is 2.18. The number of pyridine rings is 1. The summed E-state index contributed by atoms with van der Waals surface area (Å²) in [6, 6.07) is 9.57. The molecule has 90 valence electrons. The van der Waals surface area contributed by atoms with Crippen LogP contribution in [0, 0.1) is 0 Å². The molecule has 2 unspecified atom stereocenters. The summed E-state index contributed by atoms with van der Waals surface area (Å²) in [6.45, 7) is 0. The Bertz CT molecular complexity index is 503. The second kappa shape index (κ2) is 5.58. The fourth-order valence-electron chi connectivity index (χ4n) is 1.74. The fraction of sp³-hybridized carbons (Fsp3) is 0.308. The van der Waals surface area contributed by atoms with Gasteiger partial charge in [0.25, 0.3) is 0 Å². The number of hydrogen-bond acceptors (Lipinski definition) is 3. The number of aliphatic hydroxyl groups is 2. The highest BCUT2D eigenvalue weighted by Crippen LogP contribution is 2.22. The third-order valence-electron chi connectivity index (χ3n) is 2.72. The zero-order valence-corrected chi connectivity index (χ0v) is 10.8. The number of para-hydroxylation sites is 1. The van der Waals surface area contributed by atoms with Gasteiger partial charge in [0.05, 0.1) is 11.6 Å². The first kappa shape index (κ1) is 12.5. The average molecular weight is 296 g/mol. The lowest BCUT2D eigenvalue weighted by molar-refractivity contribution is 0.0172. The SMILES string of the molecule is OC(CCBr)C(O)c1cnc2ccccc2c1. The quantitative estimate of drug-likeness (QED) is 0.852. The maximum absolute atomic E-state index is 9.97. The van der Waals surface area contributed by atoms with E-state index >= 15 is 0 Å². The normalized spacial score (nSPS) is 14.8. The lowest BCUT2D eigenvalue weighted by Gasteiger charge is -2.17. The number of hydrogen-bond donors (Lipinski definition) is 2. The highest BCUT2D eigenvalue weighted by molar-refractivity contribution is 9.09. The molecule has 1 heterocycles. The number of fused-ring (bicyclic) bond motifs is 1. The molecule has 0 fully saturated rings. The van der Waals surface area contributed by atoms with Gasteiger partial charge in [-0.2, -0.15) is 0 Å². The monoisotopic (exact) mass is 295 g/mol. The predicted octanol–water partition coefficient (Wildman–Crippen LogP) is 2.41. The van der Waals surface area contributed by atoms with Crippen LogP contribution in [-0.4, -0.2) is 26.6 Å². The summed E-state index contributed by atoms with van der Waals surface area (Å²) in [7, 11) is 0. The van der Waals surface area contributed by atoms with Crippen molar-refractivity contribution < 1.29 is 10.2 Å². The topological polar surface area (TPSA) is 53.4 Å². The summed E-state index contributed by atoms with van der Waals surface area (Å²) in [5, 5.41) is 21.3. The van der Waals surface area contributed by atoms with Crippen LogP contribution in [0.25, 0.3) is 10.9 Å². The highest BCUT2D eigenvalue weighted by atomic mass is 79.9. The molecule has 1 aromatic heterocycles. The molecule has 0 saturated carbocycles. The zero-order valence-electron chi connectivity index (χ0n) is 9.25. The second-order valence-corrected chi connectivity index (χ2v) is 4.74. The fourth-order valence-corrected chi connectivity index (χ4v) is 2.21. The van der Waals surface area contributed by atoms with Gasteiger partial charge in [0.15, 0.2) is 0 Å². The zero-order chi connectivity index (χ0) is 12.3. The number of nitrogens with zero attached hydrogens (tertiary/aromatic N) is 1. The lowest BCUT2D eigenvalue weighted by atomic mass is 10.0. The van der Waals surface area contributed by atoms with E-state index < -0.39 is 12.2 Å². The standard InChI is InChI=1S/C13H14BrNO2/c14-6-5-12(16)13(17)10-7-9-3-1-2-4-11(9)15-8-10/h1-4,7-8,12-13,16-17H,5-6H2. The molecule has 0 radical (unpaired) electrons. The Balaban J connectivity index is 2.29. The molecule has 0 aliphatic heterocycles. The van der Waals surface area contributed by atoms with Crippen molar-refractivity contribution in [2.24, 2.45) is 0 Å². The van der Waals surface area contributed by atoms with E-state index in [2.05, 4.69) is 20.9 Å². The molecule has 0 bridgehead atoms. The van der Waals surface area contributed by atoms with E-state index in [-0.39, 0.29) is 0 Å². The molecule has 0 aliphatic carbocycles. The van der Waals surface area contributed by atoms with Crippen LogP contribution in [0.4, 0.5) is 0 Å². The maximum atomic E-state index is 9.97.